The van der Waals surface area contributed by atoms with Crippen LogP contribution < -0.4 is 0 Å². The molecule has 0 saturated carbocycles. The van der Waals surface area contributed by atoms with Crippen LogP contribution in [0.4, 0.5) is 0 Å². The number of aryl methyl sites for hydroxylation is 1. The summed E-state index contributed by atoms with van der Waals surface area (Å²) in [6, 6.07) is 8.33. The van der Waals surface area contributed by atoms with Gasteiger partial charge < -0.3 is 0 Å². The Labute approximate surface area is 105 Å². The molecule has 1 aromatic carbocycles. The molecule has 0 aliphatic heterocycles. The zero-order chi connectivity index (χ0) is 13.1. The van der Waals surface area contributed by atoms with Crippen molar-refractivity contribution in [1.82, 2.24) is 0 Å². The van der Waals surface area contributed by atoms with Gasteiger partial charge in [0, 0.05) is 11.3 Å². The average molecular weight is 232 g/mol. The Morgan fingerprint density at radius 1 is 1.29 bits per heavy atom. The molecule has 0 fully saturated rings. The minimum atomic E-state index is -0.262. The maximum absolute atomic E-state index is 12.3. The van der Waals surface area contributed by atoms with Crippen LogP contribution in [0, 0.1) is 18.3 Å². The molecule has 0 amide bonds. The molecule has 1 atom stereocenters. The number of benzene rings is 1. The van der Waals surface area contributed by atoms with E-state index in [0.717, 1.165) is 12.8 Å². The van der Waals surface area contributed by atoms with E-state index >= 15 is 0 Å². The van der Waals surface area contributed by atoms with Crippen LogP contribution in [-0.4, -0.2) is 5.78 Å². The molecule has 0 bridgehead atoms. The molecule has 1 unspecified atom stereocenters. The molecule has 0 aliphatic rings. The SMILES string of the molecule is CCC(C)C(=O)C(C)(C)Cc1ccccc1C. The molecule has 0 aliphatic carbocycles. The van der Waals surface area contributed by atoms with Crippen molar-refractivity contribution < 1.29 is 4.79 Å². The summed E-state index contributed by atoms with van der Waals surface area (Å²) in [7, 11) is 0. The Hall–Kier alpha value is -1.11. The minimum Gasteiger partial charge on any atom is -0.299 e. The fraction of sp³-hybridized carbons (Fsp3) is 0.562. The number of carbonyl (C=O) groups is 1. The summed E-state index contributed by atoms with van der Waals surface area (Å²) in [4.78, 5) is 12.3. The Balaban J connectivity index is 2.86. The van der Waals surface area contributed by atoms with E-state index in [1.165, 1.54) is 11.1 Å². The zero-order valence-corrected chi connectivity index (χ0v) is 11.7. The molecule has 0 radical (unpaired) electrons. The highest BCUT2D eigenvalue weighted by atomic mass is 16.1. The van der Waals surface area contributed by atoms with Gasteiger partial charge in [0.25, 0.3) is 0 Å². The van der Waals surface area contributed by atoms with Gasteiger partial charge in [0.1, 0.15) is 5.78 Å². The van der Waals surface area contributed by atoms with Crippen molar-refractivity contribution >= 4 is 5.78 Å². The maximum Gasteiger partial charge on any atom is 0.141 e. The van der Waals surface area contributed by atoms with Crippen LogP contribution >= 0.6 is 0 Å². The van der Waals surface area contributed by atoms with E-state index in [1.54, 1.807) is 0 Å². The summed E-state index contributed by atoms with van der Waals surface area (Å²) in [5.41, 5.74) is 2.30. The predicted molar refractivity (Wildman–Crippen MR) is 73.1 cm³/mol. The lowest BCUT2D eigenvalue weighted by molar-refractivity contribution is -0.130. The van der Waals surface area contributed by atoms with Crippen molar-refractivity contribution in [2.75, 3.05) is 0 Å². The zero-order valence-electron chi connectivity index (χ0n) is 11.7. The molecule has 0 aromatic heterocycles. The monoisotopic (exact) mass is 232 g/mol. The first-order valence-electron chi connectivity index (χ1n) is 6.47. The molecule has 0 saturated heterocycles. The van der Waals surface area contributed by atoms with Crippen molar-refractivity contribution in [2.24, 2.45) is 11.3 Å². The third-order valence-electron chi connectivity index (χ3n) is 3.62. The van der Waals surface area contributed by atoms with Gasteiger partial charge in [-0.2, -0.15) is 0 Å². The number of Topliss-reactive ketones (excluding diaryl/α,β-unsaturated/α-hetero) is 1. The third-order valence-corrected chi connectivity index (χ3v) is 3.62. The topological polar surface area (TPSA) is 17.1 Å². The van der Waals surface area contributed by atoms with Gasteiger partial charge in [-0.05, 0) is 30.9 Å². The lowest BCUT2D eigenvalue weighted by atomic mass is 9.76. The number of ketones is 1. The summed E-state index contributed by atoms with van der Waals surface area (Å²) in [5, 5.41) is 0. The molecular formula is C16H24O. The van der Waals surface area contributed by atoms with Crippen molar-refractivity contribution in [3.63, 3.8) is 0 Å². The Morgan fingerprint density at radius 3 is 2.41 bits per heavy atom. The summed E-state index contributed by atoms with van der Waals surface area (Å²) < 4.78 is 0. The fourth-order valence-electron chi connectivity index (χ4n) is 2.22. The van der Waals surface area contributed by atoms with E-state index in [4.69, 9.17) is 0 Å². The van der Waals surface area contributed by atoms with E-state index in [-0.39, 0.29) is 11.3 Å². The fourth-order valence-corrected chi connectivity index (χ4v) is 2.22. The second-order valence-electron chi connectivity index (χ2n) is 5.66. The normalized spacial score (nSPS) is 13.5. The Morgan fingerprint density at radius 2 is 1.88 bits per heavy atom. The summed E-state index contributed by atoms with van der Waals surface area (Å²) >= 11 is 0. The Kier molecular flexibility index (Phi) is 4.50. The standard InChI is InChI=1S/C16H24O/c1-6-12(2)15(17)16(4,5)11-14-10-8-7-9-13(14)3/h7-10,12H,6,11H2,1-5H3. The molecule has 1 nitrogen and oxygen atoms in total. The van der Waals surface area contributed by atoms with Gasteiger partial charge in [-0.1, -0.05) is 52.0 Å². The van der Waals surface area contributed by atoms with Crippen LogP contribution in [-0.2, 0) is 11.2 Å². The second kappa shape index (κ2) is 5.48. The summed E-state index contributed by atoms with van der Waals surface area (Å²) in [6.45, 7) is 10.3. The van der Waals surface area contributed by atoms with Crippen LogP contribution in [0.5, 0.6) is 0 Å². The van der Waals surface area contributed by atoms with Crippen LogP contribution in [0.3, 0.4) is 0 Å². The van der Waals surface area contributed by atoms with E-state index < -0.39 is 0 Å². The van der Waals surface area contributed by atoms with Gasteiger partial charge in [-0.3, -0.25) is 4.79 Å². The predicted octanol–water partition coefficient (Wildman–Crippen LogP) is 4.18. The molecule has 17 heavy (non-hydrogen) atoms. The first-order chi connectivity index (χ1) is 7.88. The highest BCUT2D eigenvalue weighted by Crippen LogP contribution is 2.28. The minimum absolute atomic E-state index is 0.161. The number of rotatable bonds is 5. The van der Waals surface area contributed by atoms with Gasteiger partial charge in [0.05, 0.1) is 0 Å². The molecule has 1 heteroatoms. The van der Waals surface area contributed by atoms with Crippen LogP contribution in [0.2, 0.25) is 0 Å². The quantitative estimate of drug-likeness (QED) is 0.744. The lowest BCUT2D eigenvalue weighted by Gasteiger charge is -2.27. The van der Waals surface area contributed by atoms with Crippen molar-refractivity contribution in [2.45, 2.75) is 47.5 Å². The van der Waals surface area contributed by atoms with Gasteiger partial charge in [-0.15, -0.1) is 0 Å². The lowest BCUT2D eigenvalue weighted by Crippen LogP contribution is -2.31. The highest BCUT2D eigenvalue weighted by molar-refractivity contribution is 5.86. The smallest absolute Gasteiger partial charge is 0.141 e. The summed E-state index contributed by atoms with van der Waals surface area (Å²) in [6.07, 6.45) is 1.76. The number of hydrogen-bond donors (Lipinski definition) is 0. The van der Waals surface area contributed by atoms with E-state index in [0.29, 0.717) is 5.78 Å². The van der Waals surface area contributed by atoms with Crippen molar-refractivity contribution in [1.29, 1.82) is 0 Å². The first kappa shape index (κ1) is 14.0. The molecule has 94 valence electrons. The van der Waals surface area contributed by atoms with Gasteiger partial charge in [-0.25, -0.2) is 0 Å². The number of hydrogen-bond acceptors (Lipinski definition) is 1. The van der Waals surface area contributed by atoms with E-state index in [9.17, 15) is 4.79 Å². The van der Waals surface area contributed by atoms with E-state index in [2.05, 4.69) is 39.8 Å². The van der Waals surface area contributed by atoms with Gasteiger partial charge >= 0.3 is 0 Å². The molecule has 1 rings (SSSR count). The number of carbonyl (C=O) groups excluding carboxylic acids is 1. The molecular weight excluding hydrogens is 208 g/mol. The second-order valence-corrected chi connectivity index (χ2v) is 5.66. The van der Waals surface area contributed by atoms with Crippen LogP contribution in [0.1, 0.15) is 45.2 Å². The first-order valence-corrected chi connectivity index (χ1v) is 6.47. The highest BCUT2D eigenvalue weighted by Gasteiger charge is 2.30. The summed E-state index contributed by atoms with van der Waals surface area (Å²) in [5.74, 6) is 0.539. The maximum atomic E-state index is 12.3. The largest absolute Gasteiger partial charge is 0.299 e. The van der Waals surface area contributed by atoms with Gasteiger partial charge in [0.15, 0.2) is 0 Å². The van der Waals surface area contributed by atoms with Crippen LogP contribution in [0.25, 0.3) is 0 Å². The average Bonchev–Trinajstić information content (AvgIpc) is 2.30. The van der Waals surface area contributed by atoms with Crippen LogP contribution in [0.15, 0.2) is 24.3 Å². The van der Waals surface area contributed by atoms with Gasteiger partial charge in [0.2, 0.25) is 0 Å². The molecule has 1 aromatic rings. The molecule has 0 spiro atoms. The molecule has 0 heterocycles. The van der Waals surface area contributed by atoms with Crippen molar-refractivity contribution in [3.8, 4) is 0 Å². The van der Waals surface area contributed by atoms with E-state index in [1.807, 2.05) is 19.1 Å². The third kappa shape index (κ3) is 3.42. The van der Waals surface area contributed by atoms with Crippen molar-refractivity contribution in [3.05, 3.63) is 35.4 Å². The Bertz CT molecular complexity index is 390. The molecule has 0 N–H and O–H groups in total.